The first-order valence-corrected chi connectivity index (χ1v) is 11.9. The molecule has 0 aliphatic carbocycles. The van der Waals surface area contributed by atoms with Gasteiger partial charge in [-0.1, -0.05) is 72.0 Å². The van der Waals surface area contributed by atoms with Gasteiger partial charge in [-0.15, -0.1) is 0 Å². The first-order valence-electron chi connectivity index (χ1n) is 11.1. The molecule has 0 radical (unpaired) electrons. The van der Waals surface area contributed by atoms with E-state index in [0.717, 1.165) is 31.8 Å². The van der Waals surface area contributed by atoms with E-state index in [9.17, 15) is 9.59 Å². The third-order valence-corrected chi connectivity index (χ3v) is 6.82. The maximum absolute atomic E-state index is 12.8. The second kappa shape index (κ2) is 8.66. The molecule has 0 aliphatic heterocycles. The highest BCUT2D eigenvalue weighted by atomic mass is 32.1. The third-order valence-electron chi connectivity index (χ3n) is 5.89. The molecule has 2 amide bonds. The molecule has 0 saturated heterocycles. The Bertz CT molecular complexity index is 1660. The Kier molecular flexibility index (Phi) is 5.20. The molecule has 0 bridgehead atoms. The minimum absolute atomic E-state index is 0.176. The van der Waals surface area contributed by atoms with Crippen LogP contribution in [-0.2, 0) is 0 Å². The lowest BCUT2D eigenvalue weighted by Crippen LogP contribution is -2.11. The summed E-state index contributed by atoms with van der Waals surface area (Å²) in [6.45, 7) is 0. The van der Waals surface area contributed by atoms with Crippen LogP contribution in [0.1, 0.15) is 20.7 Å². The van der Waals surface area contributed by atoms with Gasteiger partial charge in [-0.25, -0.2) is 4.98 Å². The number of aromatic nitrogens is 1. The highest BCUT2D eigenvalue weighted by Crippen LogP contribution is 2.29. The van der Waals surface area contributed by atoms with E-state index in [1.54, 1.807) is 0 Å². The molecule has 168 valence electrons. The molecule has 0 spiro atoms. The Morgan fingerprint density at radius 2 is 1.17 bits per heavy atom. The molecule has 2 N–H and O–H groups in total. The summed E-state index contributed by atoms with van der Waals surface area (Å²) < 4.78 is 0.870. The molecule has 1 aromatic heterocycles. The van der Waals surface area contributed by atoms with Gasteiger partial charge < -0.3 is 5.32 Å². The molecule has 5 aromatic carbocycles. The average molecular weight is 474 g/mol. The van der Waals surface area contributed by atoms with Gasteiger partial charge in [0.25, 0.3) is 11.8 Å². The van der Waals surface area contributed by atoms with E-state index in [4.69, 9.17) is 0 Å². The third kappa shape index (κ3) is 4.23. The largest absolute Gasteiger partial charge is 0.322 e. The number of thiazole rings is 1. The SMILES string of the molecule is O=C(Nc1ccc2nc(NC(=O)c3ccc4ccccc4c3)sc2c1)c1ccc2ccccc2c1. The quantitative estimate of drug-likeness (QED) is 0.287. The molecule has 0 unspecified atom stereocenters. The summed E-state index contributed by atoms with van der Waals surface area (Å²) in [5.41, 5.74) is 2.60. The van der Waals surface area contributed by atoms with Crippen LogP contribution in [0.15, 0.2) is 103 Å². The molecule has 6 rings (SSSR count). The van der Waals surface area contributed by atoms with E-state index in [0.29, 0.717) is 21.9 Å². The van der Waals surface area contributed by atoms with E-state index in [1.807, 2.05) is 103 Å². The van der Waals surface area contributed by atoms with Crippen LogP contribution in [0.2, 0.25) is 0 Å². The van der Waals surface area contributed by atoms with Gasteiger partial charge in [-0.2, -0.15) is 0 Å². The highest BCUT2D eigenvalue weighted by molar-refractivity contribution is 7.22. The van der Waals surface area contributed by atoms with Crippen molar-refractivity contribution in [3.05, 3.63) is 114 Å². The summed E-state index contributed by atoms with van der Waals surface area (Å²) in [6.07, 6.45) is 0. The van der Waals surface area contributed by atoms with Crippen molar-refractivity contribution in [3.63, 3.8) is 0 Å². The van der Waals surface area contributed by atoms with Crippen molar-refractivity contribution in [1.82, 2.24) is 4.98 Å². The predicted octanol–water partition coefficient (Wildman–Crippen LogP) is 7.11. The standard InChI is InChI=1S/C29H19N3O2S/c33-27(22-11-9-18-5-1-3-7-20(18)15-22)30-24-13-14-25-26(17-24)35-29(31-25)32-28(34)23-12-10-19-6-2-4-8-21(19)16-23/h1-17H,(H,30,33)(H,31,32,34). The average Bonchev–Trinajstić information content (AvgIpc) is 3.29. The normalized spacial score (nSPS) is 11.1. The maximum atomic E-state index is 12.8. The number of fused-ring (bicyclic) bond motifs is 3. The minimum Gasteiger partial charge on any atom is -0.322 e. The van der Waals surface area contributed by atoms with Crippen LogP contribution in [0, 0.1) is 0 Å². The summed E-state index contributed by atoms with van der Waals surface area (Å²) in [6, 6.07) is 32.7. The zero-order valence-corrected chi connectivity index (χ0v) is 19.3. The lowest BCUT2D eigenvalue weighted by molar-refractivity contribution is 0.101. The predicted molar refractivity (Wildman–Crippen MR) is 143 cm³/mol. The number of rotatable bonds is 4. The van der Waals surface area contributed by atoms with Crippen molar-refractivity contribution < 1.29 is 9.59 Å². The number of carbonyl (C=O) groups is 2. The number of nitrogens with one attached hydrogen (secondary N) is 2. The van der Waals surface area contributed by atoms with Crippen LogP contribution >= 0.6 is 11.3 Å². The van der Waals surface area contributed by atoms with E-state index in [-0.39, 0.29) is 11.8 Å². The van der Waals surface area contributed by atoms with Crippen LogP contribution in [0.5, 0.6) is 0 Å². The Morgan fingerprint density at radius 3 is 1.80 bits per heavy atom. The van der Waals surface area contributed by atoms with Gasteiger partial charge in [-0.3, -0.25) is 14.9 Å². The van der Waals surface area contributed by atoms with Crippen molar-refractivity contribution in [2.45, 2.75) is 0 Å². The number of amides is 2. The van der Waals surface area contributed by atoms with Crippen molar-refractivity contribution in [3.8, 4) is 0 Å². The Labute approximate surface area is 205 Å². The molecule has 0 aliphatic rings. The summed E-state index contributed by atoms with van der Waals surface area (Å²) in [4.78, 5) is 30.1. The maximum Gasteiger partial charge on any atom is 0.257 e. The molecule has 35 heavy (non-hydrogen) atoms. The summed E-state index contributed by atoms with van der Waals surface area (Å²) in [7, 11) is 0. The van der Waals surface area contributed by atoms with Crippen LogP contribution in [0.25, 0.3) is 31.8 Å². The van der Waals surface area contributed by atoms with Crippen LogP contribution < -0.4 is 10.6 Å². The van der Waals surface area contributed by atoms with Gasteiger partial charge in [0.2, 0.25) is 0 Å². The first-order chi connectivity index (χ1) is 17.1. The molecular weight excluding hydrogens is 454 g/mol. The monoisotopic (exact) mass is 473 g/mol. The first kappa shape index (κ1) is 21.0. The van der Waals surface area contributed by atoms with Gasteiger partial charge >= 0.3 is 0 Å². The number of carbonyl (C=O) groups excluding carboxylic acids is 2. The Balaban J connectivity index is 1.20. The van der Waals surface area contributed by atoms with Crippen LogP contribution in [0.3, 0.4) is 0 Å². The summed E-state index contributed by atoms with van der Waals surface area (Å²) in [5.74, 6) is -0.385. The molecule has 0 atom stereocenters. The van der Waals surface area contributed by atoms with Crippen LogP contribution in [-0.4, -0.2) is 16.8 Å². The molecule has 0 fully saturated rings. The fourth-order valence-corrected chi connectivity index (χ4v) is 4.99. The number of nitrogens with zero attached hydrogens (tertiary/aromatic N) is 1. The van der Waals surface area contributed by atoms with Crippen molar-refractivity contribution in [2.24, 2.45) is 0 Å². The Hall–Kier alpha value is -4.55. The van der Waals surface area contributed by atoms with Gasteiger partial charge in [0, 0.05) is 16.8 Å². The molecule has 5 nitrogen and oxygen atoms in total. The van der Waals surface area contributed by atoms with Gasteiger partial charge in [-0.05, 0) is 64.0 Å². The molecule has 6 heteroatoms. The number of anilines is 2. The zero-order valence-electron chi connectivity index (χ0n) is 18.5. The van der Waals surface area contributed by atoms with E-state index < -0.39 is 0 Å². The zero-order chi connectivity index (χ0) is 23.8. The second-order valence-electron chi connectivity index (χ2n) is 8.23. The van der Waals surface area contributed by atoms with Gasteiger partial charge in [0.1, 0.15) is 0 Å². The van der Waals surface area contributed by atoms with E-state index in [1.165, 1.54) is 11.3 Å². The van der Waals surface area contributed by atoms with Gasteiger partial charge in [0.05, 0.1) is 10.2 Å². The second-order valence-corrected chi connectivity index (χ2v) is 9.26. The Morgan fingerprint density at radius 1 is 0.600 bits per heavy atom. The summed E-state index contributed by atoms with van der Waals surface area (Å²) >= 11 is 1.37. The van der Waals surface area contributed by atoms with E-state index >= 15 is 0 Å². The molecule has 0 saturated carbocycles. The lowest BCUT2D eigenvalue weighted by atomic mass is 10.1. The fourth-order valence-electron chi connectivity index (χ4n) is 4.09. The van der Waals surface area contributed by atoms with Crippen molar-refractivity contribution >= 4 is 65.7 Å². The highest BCUT2D eigenvalue weighted by Gasteiger charge is 2.12. The van der Waals surface area contributed by atoms with E-state index in [2.05, 4.69) is 15.6 Å². The van der Waals surface area contributed by atoms with Crippen molar-refractivity contribution in [1.29, 1.82) is 0 Å². The van der Waals surface area contributed by atoms with Gasteiger partial charge in [0.15, 0.2) is 5.13 Å². The number of hydrogen-bond donors (Lipinski definition) is 2. The molecular formula is C29H19N3O2S. The number of hydrogen-bond acceptors (Lipinski definition) is 4. The van der Waals surface area contributed by atoms with Crippen LogP contribution in [0.4, 0.5) is 10.8 Å². The number of benzene rings is 5. The topological polar surface area (TPSA) is 71.1 Å². The molecule has 6 aromatic rings. The molecule has 1 heterocycles. The summed E-state index contributed by atoms with van der Waals surface area (Å²) in [5, 5.41) is 10.6. The smallest absolute Gasteiger partial charge is 0.257 e. The van der Waals surface area contributed by atoms with Crippen molar-refractivity contribution in [2.75, 3.05) is 10.6 Å². The fraction of sp³-hybridized carbons (Fsp3) is 0. The lowest BCUT2D eigenvalue weighted by Gasteiger charge is -2.06. The minimum atomic E-state index is -0.209.